The number of rotatable bonds is 5. The first kappa shape index (κ1) is 15.8. The lowest BCUT2D eigenvalue weighted by Gasteiger charge is -2.16. The van der Waals surface area contributed by atoms with Gasteiger partial charge in [-0.25, -0.2) is 0 Å². The fourth-order valence-corrected chi connectivity index (χ4v) is 2.24. The molecule has 0 radical (unpaired) electrons. The van der Waals surface area contributed by atoms with Gasteiger partial charge in [-0.3, -0.25) is 15.0 Å². The van der Waals surface area contributed by atoms with Gasteiger partial charge in [0.15, 0.2) is 0 Å². The van der Waals surface area contributed by atoms with Crippen LogP contribution in [0.2, 0.25) is 10.0 Å². The first-order chi connectivity index (χ1) is 9.95. The van der Waals surface area contributed by atoms with Crippen molar-refractivity contribution in [2.75, 3.05) is 18.9 Å². The third-order valence-corrected chi connectivity index (χ3v) is 3.63. The van der Waals surface area contributed by atoms with Gasteiger partial charge in [-0.1, -0.05) is 40.5 Å². The van der Waals surface area contributed by atoms with Gasteiger partial charge >= 0.3 is 0 Å². The molecular formula is C14H15Cl2N3O2. The lowest BCUT2D eigenvalue weighted by atomic mass is 10.2. The zero-order valence-electron chi connectivity index (χ0n) is 11.7. The summed E-state index contributed by atoms with van der Waals surface area (Å²) in [5.74, 6) is 0.151. The molecule has 112 valence electrons. The highest BCUT2D eigenvalue weighted by Gasteiger charge is 2.12. The molecule has 0 saturated carbocycles. The summed E-state index contributed by atoms with van der Waals surface area (Å²) >= 11 is 12.1. The van der Waals surface area contributed by atoms with Crippen molar-refractivity contribution < 1.29 is 9.32 Å². The van der Waals surface area contributed by atoms with Gasteiger partial charge in [0.2, 0.25) is 11.8 Å². The maximum Gasteiger partial charge on any atom is 0.240 e. The van der Waals surface area contributed by atoms with Crippen molar-refractivity contribution in [1.82, 2.24) is 10.1 Å². The smallest absolute Gasteiger partial charge is 0.240 e. The van der Waals surface area contributed by atoms with Crippen LogP contribution in [0, 0.1) is 6.92 Å². The van der Waals surface area contributed by atoms with Gasteiger partial charge in [-0.05, 0) is 25.6 Å². The van der Waals surface area contributed by atoms with Gasteiger partial charge in [0.25, 0.3) is 0 Å². The van der Waals surface area contributed by atoms with E-state index in [2.05, 4.69) is 10.5 Å². The first-order valence-corrected chi connectivity index (χ1v) is 7.06. The SMILES string of the molecule is Cc1cc(NC(=O)CN(C)Cc2cccc(Cl)c2Cl)on1. The summed E-state index contributed by atoms with van der Waals surface area (Å²) < 4.78 is 4.93. The minimum absolute atomic E-state index is 0.188. The van der Waals surface area contributed by atoms with Crippen molar-refractivity contribution in [3.8, 4) is 0 Å². The molecule has 1 aromatic heterocycles. The Kier molecular flexibility index (Phi) is 5.22. The van der Waals surface area contributed by atoms with Crippen molar-refractivity contribution in [3.05, 3.63) is 45.6 Å². The maximum absolute atomic E-state index is 11.9. The highest BCUT2D eigenvalue weighted by atomic mass is 35.5. The maximum atomic E-state index is 11.9. The van der Waals surface area contributed by atoms with Crippen LogP contribution in [-0.4, -0.2) is 29.6 Å². The van der Waals surface area contributed by atoms with Crippen LogP contribution in [-0.2, 0) is 11.3 Å². The van der Waals surface area contributed by atoms with Crippen LogP contribution in [0.3, 0.4) is 0 Å². The van der Waals surface area contributed by atoms with Crippen molar-refractivity contribution in [3.63, 3.8) is 0 Å². The molecule has 0 saturated heterocycles. The number of carbonyl (C=O) groups is 1. The van der Waals surface area contributed by atoms with E-state index in [-0.39, 0.29) is 12.5 Å². The number of nitrogens with one attached hydrogen (secondary N) is 1. The number of hydrogen-bond acceptors (Lipinski definition) is 4. The molecule has 1 amide bonds. The molecule has 1 heterocycles. The molecule has 7 heteroatoms. The second kappa shape index (κ2) is 6.93. The zero-order valence-corrected chi connectivity index (χ0v) is 13.2. The Morgan fingerprint density at radius 1 is 1.43 bits per heavy atom. The minimum atomic E-state index is -0.188. The topological polar surface area (TPSA) is 58.4 Å². The molecule has 0 spiro atoms. The fourth-order valence-electron chi connectivity index (χ4n) is 1.86. The summed E-state index contributed by atoms with van der Waals surface area (Å²) in [5.41, 5.74) is 1.58. The summed E-state index contributed by atoms with van der Waals surface area (Å²) in [4.78, 5) is 13.7. The molecule has 5 nitrogen and oxygen atoms in total. The molecular weight excluding hydrogens is 313 g/mol. The number of carbonyl (C=O) groups excluding carboxylic acids is 1. The number of hydrogen-bond donors (Lipinski definition) is 1. The van der Waals surface area contributed by atoms with Crippen molar-refractivity contribution in [1.29, 1.82) is 0 Å². The van der Waals surface area contributed by atoms with Crippen LogP contribution in [0.15, 0.2) is 28.8 Å². The normalized spacial score (nSPS) is 10.9. The van der Waals surface area contributed by atoms with E-state index in [4.69, 9.17) is 27.7 Å². The number of nitrogens with zero attached hydrogens (tertiary/aromatic N) is 2. The Bertz CT molecular complexity index is 643. The molecule has 1 N–H and O–H groups in total. The van der Waals surface area contributed by atoms with Gasteiger partial charge in [-0.2, -0.15) is 0 Å². The van der Waals surface area contributed by atoms with Crippen molar-refractivity contribution in [2.24, 2.45) is 0 Å². The molecule has 2 aromatic rings. The van der Waals surface area contributed by atoms with Crippen LogP contribution < -0.4 is 5.32 Å². The van der Waals surface area contributed by atoms with E-state index in [1.54, 1.807) is 19.1 Å². The van der Waals surface area contributed by atoms with Crippen LogP contribution in [0.1, 0.15) is 11.3 Å². The van der Waals surface area contributed by atoms with Crippen LogP contribution >= 0.6 is 23.2 Å². The van der Waals surface area contributed by atoms with Gasteiger partial charge in [0.05, 0.1) is 22.3 Å². The summed E-state index contributed by atoms with van der Waals surface area (Å²) in [7, 11) is 1.82. The standard InChI is InChI=1S/C14H15Cl2N3O2/c1-9-6-13(21-18-9)17-12(20)8-19(2)7-10-4-3-5-11(15)14(10)16/h3-6H,7-8H2,1-2H3,(H,17,20). The number of amides is 1. The third-order valence-electron chi connectivity index (χ3n) is 2.78. The van der Waals surface area contributed by atoms with E-state index in [0.717, 1.165) is 5.56 Å². The number of anilines is 1. The monoisotopic (exact) mass is 327 g/mol. The molecule has 2 rings (SSSR count). The lowest BCUT2D eigenvalue weighted by Crippen LogP contribution is -2.29. The second-order valence-corrected chi connectivity index (χ2v) is 5.55. The highest BCUT2D eigenvalue weighted by Crippen LogP contribution is 2.26. The Balaban J connectivity index is 1.90. The summed E-state index contributed by atoms with van der Waals surface area (Å²) in [5, 5.41) is 7.35. The van der Waals surface area contributed by atoms with Crippen LogP contribution in [0.25, 0.3) is 0 Å². The summed E-state index contributed by atoms with van der Waals surface area (Å²) in [6.07, 6.45) is 0. The average molecular weight is 328 g/mol. The van der Waals surface area contributed by atoms with E-state index in [1.165, 1.54) is 0 Å². The molecule has 0 aliphatic heterocycles. The molecule has 0 fully saturated rings. The lowest BCUT2D eigenvalue weighted by molar-refractivity contribution is -0.117. The molecule has 0 bridgehead atoms. The second-order valence-electron chi connectivity index (χ2n) is 4.77. The Labute approximate surface area is 132 Å². The predicted octanol–water partition coefficient (Wildman–Crippen LogP) is 3.36. The number of likely N-dealkylation sites (N-methyl/N-ethyl adjacent to an activating group) is 1. The fraction of sp³-hybridized carbons (Fsp3) is 0.286. The Morgan fingerprint density at radius 2 is 2.19 bits per heavy atom. The van der Waals surface area contributed by atoms with Crippen LogP contribution in [0.5, 0.6) is 0 Å². The summed E-state index contributed by atoms with van der Waals surface area (Å²) in [6, 6.07) is 7.09. The molecule has 1 aromatic carbocycles. The van der Waals surface area contributed by atoms with Gasteiger partial charge in [-0.15, -0.1) is 0 Å². The van der Waals surface area contributed by atoms with Crippen molar-refractivity contribution >= 4 is 35.0 Å². The molecule has 21 heavy (non-hydrogen) atoms. The molecule has 0 aliphatic carbocycles. The molecule has 0 aliphatic rings. The zero-order chi connectivity index (χ0) is 15.4. The highest BCUT2D eigenvalue weighted by molar-refractivity contribution is 6.42. The molecule has 0 unspecified atom stereocenters. The van der Waals surface area contributed by atoms with Crippen LogP contribution in [0.4, 0.5) is 5.88 Å². The van der Waals surface area contributed by atoms with Gasteiger partial charge in [0.1, 0.15) is 0 Å². The summed E-state index contributed by atoms with van der Waals surface area (Å²) in [6.45, 7) is 2.50. The van der Waals surface area contributed by atoms with E-state index in [1.807, 2.05) is 24.1 Å². The quantitative estimate of drug-likeness (QED) is 0.914. The molecule has 0 atom stereocenters. The van der Waals surface area contributed by atoms with Crippen molar-refractivity contribution in [2.45, 2.75) is 13.5 Å². The number of halogens is 2. The first-order valence-electron chi connectivity index (χ1n) is 6.30. The minimum Gasteiger partial charge on any atom is -0.338 e. The Hall–Kier alpha value is -1.56. The Morgan fingerprint density at radius 3 is 2.86 bits per heavy atom. The van der Waals surface area contributed by atoms with Gasteiger partial charge in [0, 0.05) is 12.6 Å². The third kappa shape index (κ3) is 4.46. The van der Waals surface area contributed by atoms with E-state index in [0.29, 0.717) is 28.2 Å². The number of benzene rings is 1. The number of aromatic nitrogens is 1. The van der Waals surface area contributed by atoms with E-state index >= 15 is 0 Å². The van der Waals surface area contributed by atoms with E-state index in [9.17, 15) is 4.79 Å². The number of aryl methyl sites for hydroxylation is 1. The van der Waals surface area contributed by atoms with Gasteiger partial charge < -0.3 is 4.52 Å². The predicted molar refractivity (Wildman–Crippen MR) is 82.7 cm³/mol. The van der Waals surface area contributed by atoms with E-state index < -0.39 is 0 Å². The average Bonchev–Trinajstić information content (AvgIpc) is 2.80. The largest absolute Gasteiger partial charge is 0.338 e.